The number of amides is 1. The molecule has 0 radical (unpaired) electrons. The first-order valence-electron chi connectivity index (χ1n) is 9.83. The highest BCUT2D eigenvalue weighted by molar-refractivity contribution is 6.30. The summed E-state index contributed by atoms with van der Waals surface area (Å²) in [7, 11) is 1.39. The minimum atomic E-state index is -4.48. The molecule has 186 valence electrons. The zero-order chi connectivity index (χ0) is 25.3. The first-order valence-corrected chi connectivity index (χ1v) is 10.2. The third-order valence-corrected chi connectivity index (χ3v) is 4.75. The first-order chi connectivity index (χ1) is 16.0. The second-order valence-corrected chi connectivity index (χ2v) is 7.51. The number of halogens is 5. The van der Waals surface area contributed by atoms with E-state index in [9.17, 15) is 32.3 Å². The lowest BCUT2D eigenvalue weighted by Gasteiger charge is -2.20. The molecule has 1 amide bonds. The molecule has 0 heterocycles. The third kappa shape index (κ3) is 8.38. The number of ether oxygens (including phenoxy) is 3. The Hall–Kier alpha value is -3.05. The second-order valence-electron chi connectivity index (χ2n) is 7.07. The summed E-state index contributed by atoms with van der Waals surface area (Å²) in [5, 5.41) is 12.4. The molecule has 0 bridgehead atoms. The number of carbonyl (C=O) groups is 2. The molecular formula is C22H22ClF4NO6. The van der Waals surface area contributed by atoms with Crippen LogP contribution in [-0.4, -0.2) is 55.8 Å². The van der Waals surface area contributed by atoms with Crippen LogP contribution in [-0.2, 0) is 27.3 Å². The molecule has 0 aliphatic rings. The van der Waals surface area contributed by atoms with Crippen molar-refractivity contribution < 1.29 is 46.5 Å². The van der Waals surface area contributed by atoms with E-state index >= 15 is 0 Å². The van der Waals surface area contributed by atoms with Crippen LogP contribution in [0.4, 0.5) is 17.6 Å². The number of carbonyl (C=O) groups excluding carboxylic acids is 1. The fraction of sp³-hybridized carbons (Fsp3) is 0.364. The molecule has 0 aliphatic heterocycles. The molecule has 7 nitrogen and oxygen atoms in total. The lowest BCUT2D eigenvalue weighted by atomic mass is 10.0. The quantitative estimate of drug-likeness (QED) is 0.399. The van der Waals surface area contributed by atoms with Gasteiger partial charge in [-0.15, -0.1) is 0 Å². The van der Waals surface area contributed by atoms with Crippen molar-refractivity contribution in [3.63, 3.8) is 0 Å². The van der Waals surface area contributed by atoms with Gasteiger partial charge < -0.3 is 24.6 Å². The van der Waals surface area contributed by atoms with Crippen LogP contribution < -0.4 is 14.8 Å². The van der Waals surface area contributed by atoms with Gasteiger partial charge in [0.25, 0.3) is 5.91 Å². The largest absolute Gasteiger partial charge is 0.496 e. The van der Waals surface area contributed by atoms with Crippen LogP contribution in [0.25, 0.3) is 0 Å². The summed E-state index contributed by atoms with van der Waals surface area (Å²) in [5.74, 6) is -5.70. The highest BCUT2D eigenvalue weighted by Crippen LogP contribution is 2.25. The van der Waals surface area contributed by atoms with Gasteiger partial charge in [-0.05, 0) is 35.9 Å². The van der Waals surface area contributed by atoms with Crippen molar-refractivity contribution in [2.75, 3.05) is 20.3 Å². The molecule has 0 saturated carbocycles. The van der Waals surface area contributed by atoms with E-state index in [0.29, 0.717) is 27.6 Å². The van der Waals surface area contributed by atoms with Gasteiger partial charge in [0.15, 0.2) is 12.7 Å². The molecule has 2 N–H and O–H groups in total. The molecule has 0 aliphatic carbocycles. The Bertz CT molecular complexity index is 974. The first kappa shape index (κ1) is 27.2. The van der Waals surface area contributed by atoms with Gasteiger partial charge in [0.05, 0.1) is 7.11 Å². The van der Waals surface area contributed by atoms with Crippen LogP contribution in [0.3, 0.4) is 0 Å². The second kappa shape index (κ2) is 12.4. The van der Waals surface area contributed by atoms with Gasteiger partial charge in [-0.3, -0.25) is 4.79 Å². The third-order valence-electron chi connectivity index (χ3n) is 4.50. The summed E-state index contributed by atoms with van der Waals surface area (Å²) in [4.78, 5) is 23.5. The number of aliphatic carboxylic acids is 1. The Morgan fingerprint density at radius 1 is 1.15 bits per heavy atom. The van der Waals surface area contributed by atoms with Crippen molar-refractivity contribution in [3.05, 3.63) is 58.6 Å². The van der Waals surface area contributed by atoms with Crippen LogP contribution in [0.5, 0.6) is 11.5 Å². The number of benzene rings is 2. The average Bonchev–Trinajstić information content (AvgIpc) is 2.79. The number of methoxy groups -OCH3 is 1. The molecule has 0 spiro atoms. The molecule has 2 aromatic rings. The number of hydrogen-bond donors (Lipinski definition) is 2. The summed E-state index contributed by atoms with van der Waals surface area (Å²) in [6.45, 7) is -2.03. The predicted octanol–water partition coefficient (Wildman–Crippen LogP) is 3.96. The zero-order valence-corrected chi connectivity index (χ0v) is 18.7. The molecule has 1 unspecified atom stereocenters. The predicted molar refractivity (Wildman–Crippen MR) is 114 cm³/mol. The Kier molecular flexibility index (Phi) is 9.94. The number of carboxylic acid groups (broad SMARTS) is 1. The number of hydrogen-bond acceptors (Lipinski definition) is 5. The van der Waals surface area contributed by atoms with E-state index < -0.39 is 36.9 Å². The smallest absolute Gasteiger partial charge is 0.333 e. The number of alkyl halides is 4. The highest BCUT2D eigenvalue weighted by Gasteiger charge is 2.42. The Morgan fingerprint density at radius 3 is 2.41 bits per heavy atom. The Morgan fingerprint density at radius 2 is 1.82 bits per heavy atom. The molecule has 2 aromatic carbocycles. The van der Waals surface area contributed by atoms with Crippen molar-refractivity contribution in [1.29, 1.82) is 0 Å². The van der Waals surface area contributed by atoms with Gasteiger partial charge in [-0.25, -0.2) is 13.6 Å². The van der Waals surface area contributed by atoms with E-state index in [1.165, 1.54) is 25.3 Å². The fourth-order valence-corrected chi connectivity index (χ4v) is 2.85. The maximum Gasteiger partial charge on any atom is 0.333 e. The zero-order valence-electron chi connectivity index (χ0n) is 17.9. The van der Waals surface area contributed by atoms with Crippen LogP contribution in [0.1, 0.15) is 11.1 Å². The van der Waals surface area contributed by atoms with Crippen molar-refractivity contribution >= 4 is 23.5 Å². The molecule has 1 atom stereocenters. The lowest BCUT2D eigenvalue weighted by molar-refractivity contribution is -0.185. The molecule has 0 aromatic heterocycles. The SMILES string of the molecule is COc1ccc(CC(OCC(F)(F)C(F)F)C(=O)O)cc1CNC(=O)COc1ccc(Cl)cc1. The van der Waals surface area contributed by atoms with Gasteiger partial charge in [-0.1, -0.05) is 23.7 Å². The maximum atomic E-state index is 13.1. The highest BCUT2D eigenvalue weighted by atomic mass is 35.5. The maximum absolute atomic E-state index is 13.1. The van der Waals surface area contributed by atoms with Crippen LogP contribution in [0, 0.1) is 0 Å². The number of rotatable bonds is 13. The fourth-order valence-electron chi connectivity index (χ4n) is 2.73. The standard InChI is InChI=1S/C22H22ClF4NO6/c1-32-17-7-2-13(9-18(20(30)31)34-12-22(26,27)21(24)25)8-14(17)10-28-19(29)11-33-16-5-3-15(23)4-6-16/h2-8,18,21H,9-12H2,1H3,(H,28,29)(H,30,31). The van der Waals surface area contributed by atoms with Crippen molar-refractivity contribution in [2.45, 2.75) is 31.4 Å². The van der Waals surface area contributed by atoms with E-state index in [1.54, 1.807) is 24.3 Å². The van der Waals surface area contributed by atoms with Gasteiger partial charge in [0.1, 0.15) is 18.1 Å². The summed E-state index contributed by atoms with van der Waals surface area (Å²) in [5.41, 5.74) is 0.803. The molecule has 0 fully saturated rings. The van der Waals surface area contributed by atoms with Gasteiger partial charge in [0.2, 0.25) is 0 Å². The summed E-state index contributed by atoms with van der Waals surface area (Å²) in [6.07, 6.45) is -6.14. The minimum Gasteiger partial charge on any atom is -0.496 e. The lowest BCUT2D eigenvalue weighted by Crippen LogP contribution is -2.37. The topological polar surface area (TPSA) is 94.1 Å². The van der Waals surface area contributed by atoms with Crippen molar-refractivity contribution in [3.8, 4) is 11.5 Å². The summed E-state index contributed by atoms with van der Waals surface area (Å²) < 4.78 is 65.9. The van der Waals surface area contributed by atoms with Gasteiger partial charge in [0, 0.05) is 23.6 Å². The van der Waals surface area contributed by atoms with Crippen LogP contribution in [0.2, 0.25) is 5.02 Å². The van der Waals surface area contributed by atoms with E-state index in [2.05, 4.69) is 10.1 Å². The van der Waals surface area contributed by atoms with Crippen molar-refractivity contribution in [1.82, 2.24) is 5.32 Å². The average molecular weight is 508 g/mol. The molecule has 34 heavy (non-hydrogen) atoms. The Labute approximate surface area is 197 Å². The van der Waals surface area contributed by atoms with Gasteiger partial charge in [-0.2, -0.15) is 8.78 Å². The number of carboxylic acids is 1. The van der Waals surface area contributed by atoms with E-state index in [1.807, 2.05) is 0 Å². The van der Waals surface area contributed by atoms with Crippen LogP contribution >= 0.6 is 11.6 Å². The molecule has 12 heteroatoms. The van der Waals surface area contributed by atoms with Crippen LogP contribution in [0.15, 0.2) is 42.5 Å². The number of nitrogens with one attached hydrogen (secondary N) is 1. The minimum absolute atomic E-state index is 0.0120. The monoisotopic (exact) mass is 507 g/mol. The van der Waals surface area contributed by atoms with Crippen molar-refractivity contribution in [2.24, 2.45) is 0 Å². The summed E-state index contributed by atoms with van der Waals surface area (Å²) >= 11 is 5.78. The molecule has 0 saturated heterocycles. The normalized spacial score (nSPS) is 12.3. The van der Waals surface area contributed by atoms with E-state index in [4.69, 9.17) is 21.1 Å². The van der Waals surface area contributed by atoms with E-state index in [0.717, 1.165) is 0 Å². The molecule has 2 rings (SSSR count). The Balaban J connectivity index is 1.99. The molecular weight excluding hydrogens is 486 g/mol. The summed E-state index contributed by atoms with van der Waals surface area (Å²) in [6, 6.07) is 10.9. The van der Waals surface area contributed by atoms with E-state index in [-0.39, 0.29) is 19.6 Å². The van der Waals surface area contributed by atoms with Gasteiger partial charge >= 0.3 is 18.3 Å².